The Morgan fingerprint density at radius 3 is 2.68 bits per heavy atom. The van der Waals surface area contributed by atoms with E-state index in [0.717, 1.165) is 0 Å². The van der Waals surface area contributed by atoms with E-state index in [1.165, 1.54) is 24.1 Å². The monoisotopic (exact) mass is 346 g/mol. The first-order valence-electron chi connectivity index (χ1n) is 7.81. The molecule has 1 aliphatic rings. The summed E-state index contributed by atoms with van der Waals surface area (Å²) in [6.07, 6.45) is 0. The lowest BCUT2D eigenvalue weighted by Crippen LogP contribution is -2.30. The van der Waals surface area contributed by atoms with Crippen molar-refractivity contribution in [3.63, 3.8) is 0 Å². The second-order valence-corrected chi connectivity index (χ2v) is 5.61. The van der Waals surface area contributed by atoms with Crippen LogP contribution in [-0.4, -0.2) is 38.3 Å². The quantitative estimate of drug-likeness (QED) is 0.923. The van der Waals surface area contributed by atoms with Crippen LogP contribution in [0.1, 0.15) is 5.56 Å². The Morgan fingerprint density at radius 2 is 1.96 bits per heavy atom. The Hall–Kier alpha value is -2.96. The number of benzene rings is 2. The summed E-state index contributed by atoms with van der Waals surface area (Å²) in [5.74, 6) is 0.975. The molecule has 132 valence electrons. The Morgan fingerprint density at radius 1 is 1.20 bits per heavy atom. The molecule has 1 aliphatic heterocycles. The van der Waals surface area contributed by atoms with Gasteiger partial charge in [0.1, 0.15) is 13.2 Å². The molecule has 7 heteroatoms. The topological polar surface area (TPSA) is 60.0 Å². The highest BCUT2D eigenvalue weighted by Crippen LogP contribution is 2.32. The molecule has 0 aromatic heterocycles. The number of halogens is 1. The van der Waals surface area contributed by atoms with Crippen molar-refractivity contribution in [1.82, 2.24) is 4.90 Å². The third-order valence-corrected chi connectivity index (χ3v) is 3.78. The van der Waals surface area contributed by atoms with Crippen LogP contribution in [0.15, 0.2) is 36.4 Å². The molecule has 25 heavy (non-hydrogen) atoms. The Labute approximate surface area is 145 Å². The first-order chi connectivity index (χ1) is 12.1. The van der Waals surface area contributed by atoms with Crippen LogP contribution in [0.4, 0.5) is 14.9 Å². The Balaban J connectivity index is 1.63. The van der Waals surface area contributed by atoms with Crippen LogP contribution in [0.2, 0.25) is 0 Å². The lowest BCUT2D eigenvalue weighted by atomic mass is 10.2. The molecule has 0 bridgehead atoms. The van der Waals surface area contributed by atoms with E-state index in [1.807, 2.05) is 0 Å². The van der Waals surface area contributed by atoms with Crippen LogP contribution < -0.4 is 19.5 Å². The van der Waals surface area contributed by atoms with Gasteiger partial charge in [0.15, 0.2) is 23.1 Å². The number of anilines is 1. The SMILES string of the molecule is COc1ccc(CN(C)C(=O)Nc2ccc3c(c2)OCCO3)cc1F. The molecule has 0 atom stereocenters. The largest absolute Gasteiger partial charge is 0.494 e. The molecule has 0 spiro atoms. The van der Waals surface area contributed by atoms with Crippen molar-refractivity contribution < 1.29 is 23.4 Å². The van der Waals surface area contributed by atoms with Crippen LogP contribution >= 0.6 is 0 Å². The molecular weight excluding hydrogens is 327 g/mol. The van der Waals surface area contributed by atoms with Gasteiger partial charge in [-0.3, -0.25) is 0 Å². The molecule has 0 unspecified atom stereocenters. The number of carbonyl (C=O) groups excluding carboxylic acids is 1. The average Bonchev–Trinajstić information content (AvgIpc) is 2.61. The maximum absolute atomic E-state index is 13.7. The van der Waals surface area contributed by atoms with Crippen molar-refractivity contribution in [3.8, 4) is 17.2 Å². The van der Waals surface area contributed by atoms with E-state index >= 15 is 0 Å². The van der Waals surface area contributed by atoms with Gasteiger partial charge in [0.2, 0.25) is 0 Å². The van der Waals surface area contributed by atoms with Gasteiger partial charge in [0, 0.05) is 25.3 Å². The fourth-order valence-electron chi connectivity index (χ4n) is 2.49. The fraction of sp³-hybridized carbons (Fsp3) is 0.278. The smallest absolute Gasteiger partial charge is 0.321 e. The van der Waals surface area contributed by atoms with Crippen molar-refractivity contribution in [2.75, 3.05) is 32.7 Å². The van der Waals surface area contributed by atoms with Crippen LogP contribution in [0.3, 0.4) is 0 Å². The summed E-state index contributed by atoms with van der Waals surface area (Å²) in [6, 6.07) is 9.51. The van der Waals surface area contributed by atoms with Gasteiger partial charge >= 0.3 is 6.03 Å². The second kappa shape index (κ2) is 7.29. The molecule has 0 radical (unpaired) electrons. The second-order valence-electron chi connectivity index (χ2n) is 5.61. The van der Waals surface area contributed by atoms with Crippen LogP contribution in [0, 0.1) is 5.82 Å². The summed E-state index contributed by atoms with van der Waals surface area (Å²) in [5, 5.41) is 2.78. The van der Waals surface area contributed by atoms with E-state index in [0.29, 0.717) is 36.0 Å². The van der Waals surface area contributed by atoms with Crippen LogP contribution in [-0.2, 0) is 6.54 Å². The Bertz CT molecular complexity index is 782. The lowest BCUT2D eigenvalue weighted by Gasteiger charge is -2.21. The van der Waals surface area contributed by atoms with Gasteiger partial charge in [-0.05, 0) is 29.8 Å². The number of ether oxygens (including phenoxy) is 3. The highest BCUT2D eigenvalue weighted by atomic mass is 19.1. The number of carbonyl (C=O) groups is 1. The van der Waals surface area contributed by atoms with Crippen molar-refractivity contribution >= 4 is 11.7 Å². The lowest BCUT2D eigenvalue weighted by molar-refractivity contribution is 0.171. The van der Waals surface area contributed by atoms with Crippen LogP contribution in [0.25, 0.3) is 0 Å². The van der Waals surface area contributed by atoms with Crippen molar-refractivity contribution in [1.29, 1.82) is 0 Å². The molecule has 3 rings (SSSR count). The van der Waals surface area contributed by atoms with E-state index in [1.54, 1.807) is 31.3 Å². The number of urea groups is 1. The zero-order chi connectivity index (χ0) is 17.8. The summed E-state index contributed by atoms with van der Waals surface area (Å²) >= 11 is 0. The third-order valence-electron chi connectivity index (χ3n) is 3.78. The number of fused-ring (bicyclic) bond motifs is 1. The highest BCUT2D eigenvalue weighted by Gasteiger charge is 2.15. The van der Waals surface area contributed by atoms with E-state index < -0.39 is 5.82 Å². The number of nitrogens with one attached hydrogen (secondary N) is 1. The summed E-state index contributed by atoms with van der Waals surface area (Å²) in [6.45, 7) is 1.25. The molecule has 1 heterocycles. The summed E-state index contributed by atoms with van der Waals surface area (Å²) in [7, 11) is 3.04. The minimum absolute atomic E-state index is 0.173. The number of hydrogen-bond donors (Lipinski definition) is 1. The standard InChI is InChI=1S/C18H19FN2O4/c1-21(11-12-3-5-15(23-2)14(19)9-12)18(22)20-13-4-6-16-17(10-13)25-8-7-24-16/h3-6,9-10H,7-8,11H2,1-2H3,(H,20,22). The summed E-state index contributed by atoms with van der Waals surface area (Å²) in [4.78, 5) is 13.8. The molecular formula is C18H19FN2O4. The first-order valence-corrected chi connectivity index (χ1v) is 7.81. The van der Waals surface area contributed by atoms with E-state index in [9.17, 15) is 9.18 Å². The third kappa shape index (κ3) is 3.93. The average molecular weight is 346 g/mol. The molecule has 2 amide bonds. The van der Waals surface area contributed by atoms with Gasteiger partial charge in [0.05, 0.1) is 7.11 Å². The number of rotatable bonds is 4. The van der Waals surface area contributed by atoms with Crippen molar-refractivity contribution in [2.24, 2.45) is 0 Å². The maximum Gasteiger partial charge on any atom is 0.321 e. The molecule has 6 nitrogen and oxygen atoms in total. The molecule has 0 fully saturated rings. The van der Waals surface area contributed by atoms with Gasteiger partial charge in [-0.15, -0.1) is 0 Å². The van der Waals surface area contributed by atoms with Gasteiger partial charge < -0.3 is 24.4 Å². The number of amides is 2. The zero-order valence-electron chi connectivity index (χ0n) is 14.0. The molecule has 0 saturated carbocycles. The fourth-order valence-corrected chi connectivity index (χ4v) is 2.49. The molecule has 0 aliphatic carbocycles. The molecule has 0 saturated heterocycles. The number of nitrogens with zero attached hydrogens (tertiary/aromatic N) is 1. The minimum atomic E-state index is -0.458. The zero-order valence-corrected chi connectivity index (χ0v) is 14.0. The molecule has 1 N–H and O–H groups in total. The van der Waals surface area contributed by atoms with E-state index in [4.69, 9.17) is 14.2 Å². The summed E-state index contributed by atoms with van der Waals surface area (Å²) < 4.78 is 29.6. The van der Waals surface area contributed by atoms with Gasteiger partial charge in [-0.1, -0.05) is 6.07 Å². The molecule has 2 aromatic rings. The summed E-state index contributed by atoms with van der Waals surface area (Å²) in [5.41, 5.74) is 1.26. The number of hydrogen-bond acceptors (Lipinski definition) is 4. The highest BCUT2D eigenvalue weighted by molar-refractivity contribution is 5.89. The van der Waals surface area contributed by atoms with Crippen molar-refractivity contribution in [3.05, 3.63) is 47.8 Å². The van der Waals surface area contributed by atoms with Crippen molar-refractivity contribution in [2.45, 2.75) is 6.54 Å². The predicted molar refractivity (Wildman–Crippen MR) is 90.9 cm³/mol. The van der Waals surface area contributed by atoms with E-state index in [-0.39, 0.29) is 18.3 Å². The van der Waals surface area contributed by atoms with Gasteiger partial charge in [-0.2, -0.15) is 0 Å². The van der Waals surface area contributed by atoms with Gasteiger partial charge in [-0.25, -0.2) is 9.18 Å². The first kappa shape index (κ1) is 16.9. The predicted octanol–water partition coefficient (Wildman–Crippen LogP) is 3.27. The number of methoxy groups -OCH3 is 1. The molecule has 2 aromatic carbocycles. The van der Waals surface area contributed by atoms with Gasteiger partial charge in [0.25, 0.3) is 0 Å². The van der Waals surface area contributed by atoms with Crippen LogP contribution in [0.5, 0.6) is 17.2 Å². The Kier molecular flexibility index (Phi) is 4.92. The maximum atomic E-state index is 13.7. The minimum Gasteiger partial charge on any atom is -0.494 e. The normalized spacial score (nSPS) is 12.4. The van der Waals surface area contributed by atoms with E-state index in [2.05, 4.69) is 5.32 Å².